The van der Waals surface area contributed by atoms with Crippen molar-refractivity contribution in [2.24, 2.45) is 11.8 Å². The zero-order chi connectivity index (χ0) is 23.9. The van der Waals surface area contributed by atoms with Crippen LogP contribution >= 0.6 is 0 Å². The maximum absolute atomic E-state index is 13.8. The van der Waals surface area contributed by atoms with Crippen molar-refractivity contribution in [3.63, 3.8) is 0 Å². The molecule has 2 aromatic rings. The molecule has 9 nitrogen and oxygen atoms in total. The van der Waals surface area contributed by atoms with Crippen molar-refractivity contribution in [2.75, 3.05) is 12.1 Å². The monoisotopic (exact) mass is 463 g/mol. The van der Waals surface area contributed by atoms with E-state index in [4.69, 9.17) is 9.47 Å². The minimum absolute atomic E-state index is 0.0469. The Labute approximate surface area is 196 Å². The fourth-order valence-electron chi connectivity index (χ4n) is 6.04. The third kappa shape index (κ3) is 2.65. The standard InChI is InChI=1S/C25H25N3O6/c1-11-6-12(2)20-15(7-11)25(24(32)26-20)19-18(21(27-25)13(3)29)22(30)28(23(19)31)9-14-4-5-16-17(8-14)34-10-33-16/h4-8,13,18-19,21,27,29H,9-10H2,1-3H3,(H,26,32)/t13-,18+,19+,21+,25-/m1/s1. The number of carbonyl (C=O) groups is 3. The second kappa shape index (κ2) is 7.04. The van der Waals surface area contributed by atoms with Crippen molar-refractivity contribution in [3.8, 4) is 11.5 Å². The largest absolute Gasteiger partial charge is 0.454 e. The lowest BCUT2D eigenvalue weighted by Gasteiger charge is -2.30. The summed E-state index contributed by atoms with van der Waals surface area (Å²) in [6.45, 7) is 5.57. The number of nitrogens with one attached hydrogen (secondary N) is 2. The van der Waals surface area contributed by atoms with Crippen LogP contribution in [-0.4, -0.2) is 46.7 Å². The maximum Gasteiger partial charge on any atom is 0.250 e. The van der Waals surface area contributed by atoms with Crippen LogP contribution in [0.2, 0.25) is 0 Å². The lowest BCUT2D eigenvalue weighted by atomic mass is 9.75. The lowest BCUT2D eigenvalue weighted by molar-refractivity contribution is -0.143. The minimum Gasteiger partial charge on any atom is -0.454 e. The summed E-state index contributed by atoms with van der Waals surface area (Å²) in [4.78, 5) is 42.2. The highest BCUT2D eigenvalue weighted by Crippen LogP contribution is 2.54. The molecule has 4 heterocycles. The quantitative estimate of drug-likeness (QED) is 0.588. The number of ether oxygens (including phenoxy) is 2. The SMILES string of the molecule is Cc1cc(C)c2c(c1)[C@]1(N[C@@H]([C@@H](C)O)[C@H]3C(=O)N(Cc4ccc5c(c4)OCO5)C(=O)[C@H]31)C(=O)N2. The van der Waals surface area contributed by atoms with Gasteiger partial charge in [0.15, 0.2) is 11.5 Å². The number of likely N-dealkylation sites (tertiary alicyclic amines) is 1. The van der Waals surface area contributed by atoms with Gasteiger partial charge >= 0.3 is 0 Å². The van der Waals surface area contributed by atoms with E-state index in [1.165, 1.54) is 4.90 Å². The van der Waals surface area contributed by atoms with Gasteiger partial charge in [0.1, 0.15) is 5.54 Å². The Hall–Kier alpha value is -3.43. The molecule has 176 valence electrons. The summed E-state index contributed by atoms with van der Waals surface area (Å²) in [6.07, 6.45) is -0.947. The number of rotatable bonds is 3. The predicted octanol–water partition coefficient (Wildman–Crippen LogP) is 1.33. The van der Waals surface area contributed by atoms with Gasteiger partial charge in [-0.2, -0.15) is 0 Å². The van der Waals surface area contributed by atoms with Gasteiger partial charge in [-0.25, -0.2) is 0 Å². The van der Waals surface area contributed by atoms with E-state index >= 15 is 0 Å². The number of imide groups is 1. The number of anilines is 1. The summed E-state index contributed by atoms with van der Waals surface area (Å²) in [6, 6.07) is 8.38. The average Bonchev–Trinajstić information content (AvgIpc) is 3.51. The number of aliphatic hydroxyl groups is 1. The van der Waals surface area contributed by atoms with Gasteiger partial charge in [0.05, 0.1) is 24.5 Å². The Bertz CT molecular complexity index is 1270. The Balaban J connectivity index is 1.44. The molecule has 4 aliphatic rings. The number of benzene rings is 2. The van der Waals surface area contributed by atoms with E-state index in [2.05, 4.69) is 10.6 Å². The van der Waals surface area contributed by atoms with Crippen molar-refractivity contribution in [3.05, 3.63) is 52.6 Å². The normalized spacial score (nSPS) is 29.6. The Morgan fingerprint density at radius 3 is 2.65 bits per heavy atom. The molecule has 6 rings (SSSR count). The van der Waals surface area contributed by atoms with Crippen LogP contribution in [-0.2, 0) is 26.5 Å². The van der Waals surface area contributed by atoms with Crippen LogP contribution in [0.3, 0.4) is 0 Å². The first kappa shape index (κ1) is 21.1. The number of aryl methyl sites for hydroxylation is 2. The first-order valence-electron chi connectivity index (χ1n) is 11.3. The van der Waals surface area contributed by atoms with Crippen LogP contribution in [0.1, 0.15) is 29.2 Å². The molecular formula is C25H25N3O6. The summed E-state index contributed by atoms with van der Waals surface area (Å²) < 4.78 is 10.8. The second-order valence-electron chi connectivity index (χ2n) is 9.63. The highest BCUT2D eigenvalue weighted by atomic mass is 16.7. The summed E-state index contributed by atoms with van der Waals surface area (Å²) in [7, 11) is 0. The molecule has 9 heteroatoms. The summed E-state index contributed by atoms with van der Waals surface area (Å²) in [5, 5.41) is 16.7. The van der Waals surface area contributed by atoms with Gasteiger partial charge in [0, 0.05) is 17.3 Å². The Morgan fingerprint density at radius 1 is 1.12 bits per heavy atom. The molecule has 0 saturated carbocycles. The highest BCUT2D eigenvalue weighted by molar-refractivity contribution is 6.15. The van der Waals surface area contributed by atoms with Crippen molar-refractivity contribution in [1.82, 2.24) is 10.2 Å². The number of aliphatic hydroxyl groups excluding tert-OH is 1. The number of nitrogens with zero attached hydrogens (tertiary/aromatic N) is 1. The molecule has 0 unspecified atom stereocenters. The summed E-state index contributed by atoms with van der Waals surface area (Å²) in [5.41, 5.74) is 2.42. The zero-order valence-corrected chi connectivity index (χ0v) is 19.0. The first-order valence-corrected chi connectivity index (χ1v) is 11.3. The third-order valence-corrected chi connectivity index (χ3v) is 7.49. The molecular weight excluding hydrogens is 438 g/mol. The van der Waals surface area contributed by atoms with Crippen molar-refractivity contribution in [1.29, 1.82) is 0 Å². The molecule has 0 aromatic heterocycles. The van der Waals surface area contributed by atoms with Gasteiger partial charge < -0.3 is 19.9 Å². The molecule has 0 radical (unpaired) electrons. The average molecular weight is 463 g/mol. The molecule has 2 saturated heterocycles. The molecule has 5 atom stereocenters. The van der Waals surface area contributed by atoms with E-state index in [-0.39, 0.29) is 19.2 Å². The van der Waals surface area contributed by atoms with Gasteiger partial charge in [-0.1, -0.05) is 23.8 Å². The number of hydrogen-bond acceptors (Lipinski definition) is 7. The molecule has 0 aliphatic carbocycles. The van der Waals surface area contributed by atoms with Crippen LogP contribution in [0, 0.1) is 25.7 Å². The zero-order valence-electron chi connectivity index (χ0n) is 19.0. The van der Waals surface area contributed by atoms with Crippen LogP contribution < -0.4 is 20.1 Å². The van der Waals surface area contributed by atoms with Gasteiger partial charge in [0.2, 0.25) is 24.5 Å². The molecule has 0 bridgehead atoms. The molecule has 1 spiro atoms. The van der Waals surface area contributed by atoms with Crippen molar-refractivity contribution < 1.29 is 29.0 Å². The van der Waals surface area contributed by atoms with E-state index in [9.17, 15) is 19.5 Å². The smallest absolute Gasteiger partial charge is 0.250 e. The molecule has 3 N–H and O–H groups in total. The lowest BCUT2D eigenvalue weighted by Crippen LogP contribution is -2.54. The van der Waals surface area contributed by atoms with E-state index in [1.54, 1.807) is 25.1 Å². The third-order valence-electron chi connectivity index (χ3n) is 7.49. The summed E-state index contributed by atoms with van der Waals surface area (Å²) in [5.74, 6) is -1.84. The second-order valence-corrected chi connectivity index (χ2v) is 9.63. The van der Waals surface area contributed by atoms with E-state index in [1.807, 2.05) is 26.0 Å². The summed E-state index contributed by atoms with van der Waals surface area (Å²) >= 11 is 0. The maximum atomic E-state index is 13.8. The number of carbonyl (C=O) groups excluding carboxylic acids is 3. The number of fused-ring (bicyclic) bond motifs is 5. The first-order chi connectivity index (χ1) is 16.2. The van der Waals surface area contributed by atoms with Gasteiger partial charge in [0.25, 0.3) is 0 Å². The Morgan fingerprint density at radius 2 is 1.88 bits per heavy atom. The number of amides is 3. The number of hydrogen-bond donors (Lipinski definition) is 3. The highest BCUT2D eigenvalue weighted by Gasteiger charge is 2.71. The molecule has 3 amide bonds. The van der Waals surface area contributed by atoms with Crippen LogP contribution in [0.25, 0.3) is 0 Å². The van der Waals surface area contributed by atoms with Crippen molar-refractivity contribution >= 4 is 23.4 Å². The molecule has 2 aromatic carbocycles. The topological polar surface area (TPSA) is 117 Å². The fraction of sp³-hybridized carbons (Fsp3) is 0.400. The molecule has 4 aliphatic heterocycles. The van der Waals surface area contributed by atoms with E-state index < -0.39 is 41.3 Å². The fourth-order valence-corrected chi connectivity index (χ4v) is 6.04. The van der Waals surface area contributed by atoms with Gasteiger partial charge in [-0.05, 0) is 44.0 Å². The van der Waals surface area contributed by atoms with Crippen LogP contribution in [0.15, 0.2) is 30.3 Å². The minimum atomic E-state index is -1.42. The van der Waals surface area contributed by atoms with E-state index in [0.29, 0.717) is 28.3 Å². The molecule has 34 heavy (non-hydrogen) atoms. The van der Waals surface area contributed by atoms with Gasteiger partial charge in [-0.3, -0.25) is 24.6 Å². The van der Waals surface area contributed by atoms with Crippen molar-refractivity contribution in [2.45, 2.75) is 45.0 Å². The predicted molar refractivity (Wildman–Crippen MR) is 120 cm³/mol. The van der Waals surface area contributed by atoms with E-state index in [0.717, 1.165) is 11.1 Å². The molecule has 2 fully saturated rings. The van der Waals surface area contributed by atoms with Crippen LogP contribution in [0.4, 0.5) is 5.69 Å². The van der Waals surface area contributed by atoms with Crippen LogP contribution in [0.5, 0.6) is 11.5 Å². The van der Waals surface area contributed by atoms with Gasteiger partial charge in [-0.15, -0.1) is 0 Å². The Kier molecular flexibility index (Phi) is 4.37.